The standard InChI is InChI=1S/C20H39N3O6SSi2/c30-20(21-6-1-17-31-24-11-3-19(4-12-25-31)5-13-26-31)22-7-2-18-32-27-14-8-23(9-15-28-32)10-16-29-32/h19H,1-18H2,(H2,21,22,30). The molecule has 6 aliphatic heterocycles. The summed E-state index contributed by atoms with van der Waals surface area (Å²) in [6, 6.07) is 1.66. The number of nitrogens with one attached hydrogen (secondary N) is 2. The van der Waals surface area contributed by atoms with E-state index >= 15 is 0 Å². The van der Waals surface area contributed by atoms with Gasteiger partial charge in [-0.3, -0.25) is 4.90 Å². The van der Waals surface area contributed by atoms with Crippen molar-refractivity contribution in [3.05, 3.63) is 0 Å². The molecular weight excluding hydrogens is 466 g/mol. The molecule has 6 aliphatic rings. The topological polar surface area (TPSA) is 82.7 Å². The lowest BCUT2D eigenvalue weighted by Crippen LogP contribution is -2.55. The minimum Gasteiger partial charge on any atom is -0.373 e. The van der Waals surface area contributed by atoms with Gasteiger partial charge in [0.2, 0.25) is 0 Å². The number of nitrogens with zero attached hydrogens (tertiary/aromatic N) is 1. The highest BCUT2D eigenvalue weighted by molar-refractivity contribution is 7.80. The fourth-order valence-corrected chi connectivity index (χ4v) is 9.94. The minimum atomic E-state index is -2.54. The van der Waals surface area contributed by atoms with Gasteiger partial charge in [-0.1, -0.05) is 0 Å². The molecule has 0 atom stereocenters. The SMILES string of the molecule is S=C(NCCC[Si]12OCCC(CCO1)CCO2)NCCC[Si]12OCCN(CCO1)CCO2. The number of thiocarbonyl (C=S) groups is 1. The molecular formula is C20H39N3O6SSi2. The summed E-state index contributed by atoms with van der Waals surface area (Å²) in [5.41, 5.74) is 0. The highest BCUT2D eigenvalue weighted by Crippen LogP contribution is 2.28. The van der Waals surface area contributed by atoms with E-state index in [4.69, 9.17) is 38.8 Å². The molecule has 32 heavy (non-hydrogen) atoms. The van der Waals surface area contributed by atoms with Crippen molar-refractivity contribution >= 4 is 34.9 Å². The normalized spacial score (nSPS) is 35.6. The number of hydrogen-bond donors (Lipinski definition) is 2. The van der Waals surface area contributed by atoms with Gasteiger partial charge in [-0.2, -0.15) is 0 Å². The van der Waals surface area contributed by atoms with Gasteiger partial charge >= 0.3 is 17.6 Å². The van der Waals surface area contributed by atoms with E-state index in [1.54, 1.807) is 0 Å². The van der Waals surface area contributed by atoms with Crippen LogP contribution in [-0.4, -0.2) is 100.0 Å². The zero-order valence-corrected chi connectivity index (χ0v) is 21.9. The van der Waals surface area contributed by atoms with E-state index in [1.165, 1.54) is 0 Å². The van der Waals surface area contributed by atoms with Crippen LogP contribution in [0.5, 0.6) is 0 Å². The van der Waals surface area contributed by atoms with E-state index in [0.717, 1.165) is 96.7 Å². The van der Waals surface area contributed by atoms with Crippen LogP contribution in [0.3, 0.4) is 0 Å². The van der Waals surface area contributed by atoms with Crippen molar-refractivity contribution in [3.8, 4) is 0 Å². The molecule has 6 saturated heterocycles. The van der Waals surface area contributed by atoms with E-state index in [1.807, 2.05) is 0 Å². The van der Waals surface area contributed by atoms with Crippen LogP contribution < -0.4 is 10.6 Å². The van der Waals surface area contributed by atoms with Crippen LogP contribution in [0.4, 0.5) is 0 Å². The van der Waals surface area contributed by atoms with Gasteiger partial charge in [0, 0.05) is 64.6 Å². The first kappa shape index (κ1) is 25.0. The maximum atomic E-state index is 6.12. The average molecular weight is 506 g/mol. The Bertz CT molecular complexity index is 507. The zero-order chi connectivity index (χ0) is 22.1. The quantitative estimate of drug-likeness (QED) is 0.287. The molecule has 0 saturated carbocycles. The maximum Gasteiger partial charge on any atom is 0.501 e. The summed E-state index contributed by atoms with van der Waals surface area (Å²) in [5.74, 6) is 0.684. The molecule has 0 aromatic carbocycles. The van der Waals surface area contributed by atoms with Crippen molar-refractivity contribution in [2.24, 2.45) is 5.92 Å². The second-order valence-electron chi connectivity index (χ2n) is 8.92. The monoisotopic (exact) mass is 505 g/mol. The van der Waals surface area contributed by atoms with Gasteiger partial charge in [0.25, 0.3) is 0 Å². The van der Waals surface area contributed by atoms with Gasteiger partial charge in [0.15, 0.2) is 5.11 Å². The molecule has 0 aromatic rings. The highest BCUT2D eigenvalue weighted by Gasteiger charge is 2.44. The predicted octanol–water partition coefficient (Wildman–Crippen LogP) is 1.35. The molecule has 0 aliphatic carbocycles. The third kappa shape index (κ3) is 7.42. The first-order valence-corrected chi connectivity index (χ1v) is 16.5. The third-order valence-electron chi connectivity index (χ3n) is 6.62. The zero-order valence-electron chi connectivity index (χ0n) is 19.1. The predicted molar refractivity (Wildman–Crippen MR) is 128 cm³/mol. The first-order valence-electron chi connectivity index (χ1n) is 12.2. The average Bonchev–Trinajstić information content (AvgIpc) is 2.69. The molecule has 0 unspecified atom stereocenters. The Balaban J connectivity index is 1.10. The Labute approximate surface area is 199 Å². The van der Waals surface area contributed by atoms with Gasteiger partial charge in [0.1, 0.15) is 0 Å². The van der Waals surface area contributed by atoms with E-state index < -0.39 is 17.6 Å². The van der Waals surface area contributed by atoms with Crippen LogP contribution in [-0.2, 0) is 26.6 Å². The molecule has 2 N–H and O–H groups in total. The molecule has 6 heterocycles. The van der Waals surface area contributed by atoms with Crippen LogP contribution in [0.2, 0.25) is 12.1 Å². The summed E-state index contributed by atoms with van der Waals surface area (Å²) in [6.45, 7) is 8.87. The summed E-state index contributed by atoms with van der Waals surface area (Å²) >= 11 is 5.45. The Kier molecular flexibility index (Phi) is 9.76. The fourth-order valence-electron chi connectivity index (χ4n) is 4.66. The summed E-state index contributed by atoms with van der Waals surface area (Å²) in [5, 5.41) is 7.29. The summed E-state index contributed by atoms with van der Waals surface area (Å²) in [4.78, 5) is 2.33. The Morgan fingerprint density at radius 1 is 0.688 bits per heavy atom. The van der Waals surface area contributed by atoms with Gasteiger partial charge in [-0.25, -0.2) is 0 Å². The van der Waals surface area contributed by atoms with E-state index in [2.05, 4.69) is 15.5 Å². The van der Waals surface area contributed by atoms with Crippen LogP contribution in [0, 0.1) is 5.92 Å². The molecule has 9 nitrogen and oxygen atoms in total. The lowest BCUT2D eigenvalue weighted by atomic mass is 9.99. The Morgan fingerprint density at radius 2 is 1.09 bits per heavy atom. The molecule has 6 fully saturated rings. The van der Waals surface area contributed by atoms with Crippen molar-refractivity contribution in [2.45, 2.75) is 44.2 Å². The Hall–Kier alpha value is -0.156. The molecule has 0 aromatic heterocycles. The van der Waals surface area contributed by atoms with Gasteiger partial charge in [-0.15, -0.1) is 0 Å². The number of hydrogen-bond acceptors (Lipinski definition) is 8. The smallest absolute Gasteiger partial charge is 0.373 e. The molecule has 0 spiro atoms. The fraction of sp³-hybridized carbons (Fsp3) is 0.950. The summed E-state index contributed by atoms with van der Waals surface area (Å²) in [7, 11) is -5.05. The van der Waals surface area contributed by atoms with Crippen molar-refractivity contribution in [1.29, 1.82) is 0 Å². The van der Waals surface area contributed by atoms with Crippen molar-refractivity contribution in [3.63, 3.8) is 0 Å². The summed E-state index contributed by atoms with van der Waals surface area (Å²) in [6.07, 6.45) is 5.23. The van der Waals surface area contributed by atoms with Gasteiger partial charge in [0.05, 0.1) is 19.8 Å². The first-order chi connectivity index (χ1) is 15.7. The lowest BCUT2D eigenvalue weighted by molar-refractivity contribution is -0.00847. The van der Waals surface area contributed by atoms with Crippen molar-refractivity contribution < 1.29 is 26.6 Å². The maximum absolute atomic E-state index is 6.12. The largest absolute Gasteiger partial charge is 0.501 e. The van der Waals surface area contributed by atoms with Crippen molar-refractivity contribution in [2.75, 3.05) is 72.4 Å². The van der Waals surface area contributed by atoms with Crippen LogP contribution in [0.25, 0.3) is 0 Å². The van der Waals surface area contributed by atoms with Crippen LogP contribution in [0.15, 0.2) is 0 Å². The Morgan fingerprint density at radius 3 is 1.53 bits per heavy atom. The lowest BCUT2D eigenvalue weighted by Gasteiger charge is -2.38. The van der Waals surface area contributed by atoms with E-state index in [0.29, 0.717) is 30.9 Å². The van der Waals surface area contributed by atoms with Crippen LogP contribution in [0.1, 0.15) is 32.1 Å². The number of fused-ring (bicyclic) bond motifs is 12. The van der Waals surface area contributed by atoms with Crippen molar-refractivity contribution in [1.82, 2.24) is 15.5 Å². The van der Waals surface area contributed by atoms with Gasteiger partial charge in [-0.05, 0) is 50.2 Å². The third-order valence-corrected chi connectivity index (χ3v) is 12.7. The van der Waals surface area contributed by atoms with Crippen LogP contribution >= 0.6 is 12.2 Å². The van der Waals surface area contributed by atoms with Gasteiger partial charge < -0.3 is 37.2 Å². The molecule has 6 rings (SSSR count). The molecule has 4 bridgehead atoms. The molecule has 0 amide bonds. The molecule has 12 heteroatoms. The second-order valence-corrected chi connectivity index (χ2v) is 14.8. The summed E-state index contributed by atoms with van der Waals surface area (Å²) < 4.78 is 36.6. The van der Waals surface area contributed by atoms with E-state index in [-0.39, 0.29) is 0 Å². The minimum absolute atomic E-state index is 0.679. The highest BCUT2D eigenvalue weighted by atomic mass is 32.1. The molecule has 184 valence electrons. The second kappa shape index (κ2) is 12.5. The van der Waals surface area contributed by atoms with E-state index in [9.17, 15) is 0 Å². The molecule has 0 radical (unpaired) electrons. The number of rotatable bonds is 8.